The van der Waals surface area contributed by atoms with Crippen molar-refractivity contribution in [2.75, 3.05) is 57.3 Å². The number of hydrogen-bond donors (Lipinski definition) is 1. The second-order valence-corrected chi connectivity index (χ2v) is 7.40. The topological polar surface area (TPSA) is 77.8 Å². The summed E-state index contributed by atoms with van der Waals surface area (Å²) in [5.74, 6) is -0.0873. The summed E-state index contributed by atoms with van der Waals surface area (Å²) < 4.78 is 0. The van der Waals surface area contributed by atoms with E-state index in [4.69, 9.17) is 0 Å². The van der Waals surface area contributed by atoms with Gasteiger partial charge in [-0.3, -0.25) is 0 Å². The van der Waals surface area contributed by atoms with Gasteiger partial charge in [-0.25, -0.2) is 10.0 Å². The van der Waals surface area contributed by atoms with Gasteiger partial charge in [-0.05, 0) is 48.1 Å². The predicted molar refractivity (Wildman–Crippen MR) is 107 cm³/mol. The number of rotatable bonds is 3. The molecule has 0 unspecified atom stereocenters. The zero-order chi connectivity index (χ0) is 18.9. The Balaban J connectivity index is 0.000000159. The fraction of sp³-hybridized carbons (Fsp3) is 0.737. The van der Waals surface area contributed by atoms with Crippen LogP contribution in [0.4, 0.5) is 11.5 Å². The van der Waals surface area contributed by atoms with E-state index < -0.39 is 4.92 Å². The van der Waals surface area contributed by atoms with Crippen molar-refractivity contribution in [2.45, 2.75) is 38.5 Å². The summed E-state index contributed by atoms with van der Waals surface area (Å²) in [5.41, 5.74) is 0.986. The lowest BCUT2D eigenvalue weighted by molar-refractivity contribution is -0.389. The van der Waals surface area contributed by atoms with E-state index >= 15 is 0 Å². The Morgan fingerprint density at radius 3 is 2.00 bits per heavy atom. The molecule has 4 heterocycles. The molecule has 0 aliphatic carbocycles. The summed E-state index contributed by atoms with van der Waals surface area (Å²) in [6.07, 6.45) is 9.46. The van der Waals surface area contributed by atoms with Gasteiger partial charge in [0.25, 0.3) is 0 Å². The summed E-state index contributed by atoms with van der Waals surface area (Å²) in [5, 5.41) is 18.9. The number of nitrogens with zero attached hydrogens (tertiary/aromatic N) is 5. The Kier molecular flexibility index (Phi) is 7.79. The Hall–Kier alpha value is -1.77. The molecule has 0 atom stereocenters. The average Bonchev–Trinajstić information content (AvgIpc) is 2.76. The van der Waals surface area contributed by atoms with Crippen LogP contribution in [0.3, 0.4) is 0 Å². The highest BCUT2D eigenvalue weighted by Gasteiger charge is 2.19. The first kappa shape index (κ1) is 20.0. The Morgan fingerprint density at radius 2 is 1.44 bits per heavy atom. The molecule has 0 bridgehead atoms. The highest BCUT2D eigenvalue weighted by molar-refractivity contribution is 5.46. The van der Waals surface area contributed by atoms with Crippen molar-refractivity contribution in [2.24, 2.45) is 0 Å². The molecule has 0 spiro atoms. The third kappa shape index (κ3) is 6.12. The molecule has 0 amide bonds. The molecule has 3 fully saturated rings. The maximum atomic E-state index is 10.4. The number of nitro groups is 1. The number of anilines is 1. The van der Waals surface area contributed by atoms with Crippen LogP contribution >= 0.6 is 0 Å². The molecule has 150 valence electrons. The molecule has 1 aromatic heterocycles. The normalized spacial score (nSPS) is 22.0. The first-order chi connectivity index (χ1) is 13.2. The first-order valence-electron chi connectivity index (χ1n) is 10.3. The van der Waals surface area contributed by atoms with Crippen LogP contribution in [0.1, 0.15) is 38.5 Å². The van der Waals surface area contributed by atoms with E-state index in [1.165, 1.54) is 70.8 Å². The Bertz CT molecular complexity index is 548. The van der Waals surface area contributed by atoms with Gasteiger partial charge in [0.05, 0.1) is 5.69 Å². The summed E-state index contributed by atoms with van der Waals surface area (Å²) >= 11 is 0. The van der Waals surface area contributed by atoms with Gasteiger partial charge in [-0.15, -0.1) is 0 Å². The van der Waals surface area contributed by atoms with Crippen molar-refractivity contribution in [3.63, 3.8) is 0 Å². The summed E-state index contributed by atoms with van der Waals surface area (Å²) in [7, 11) is 0. The van der Waals surface area contributed by atoms with Crippen molar-refractivity contribution in [1.82, 2.24) is 20.3 Å². The van der Waals surface area contributed by atoms with Crippen LogP contribution < -0.4 is 10.2 Å². The van der Waals surface area contributed by atoms with Gasteiger partial charge in [-0.2, -0.15) is 0 Å². The van der Waals surface area contributed by atoms with Gasteiger partial charge in [-0.1, -0.05) is 6.42 Å². The Labute approximate surface area is 161 Å². The summed E-state index contributed by atoms with van der Waals surface area (Å²) in [6.45, 7) is 9.38. The minimum absolute atomic E-state index is 0.0873. The van der Waals surface area contributed by atoms with Gasteiger partial charge in [0.1, 0.15) is 0 Å². The van der Waals surface area contributed by atoms with Gasteiger partial charge in [0.15, 0.2) is 6.20 Å². The standard InChI is InChI=1S/C10H13N3O2.C9H19N3/c14-13(15)10-5-4-9(8-11-10)12-6-2-1-3-7-12;1-2-6-11(7-3-1)12-8-4-10-5-9-12/h4-5,8H,1-3,6-7H2;10H,1-9H2. The fourth-order valence-electron chi connectivity index (χ4n) is 3.92. The third-order valence-electron chi connectivity index (χ3n) is 5.47. The Morgan fingerprint density at radius 1 is 0.852 bits per heavy atom. The number of aromatic nitrogens is 1. The molecule has 3 aliphatic heterocycles. The molecule has 1 N–H and O–H groups in total. The summed E-state index contributed by atoms with van der Waals surface area (Å²) in [4.78, 5) is 16.0. The lowest BCUT2D eigenvalue weighted by Crippen LogP contribution is -2.53. The van der Waals surface area contributed by atoms with Crippen LogP contribution in [-0.2, 0) is 0 Å². The number of piperidine rings is 2. The minimum Gasteiger partial charge on any atom is -0.368 e. The number of piperazine rings is 1. The van der Waals surface area contributed by atoms with Gasteiger partial charge < -0.3 is 20.3 Å². The zero-order valence-corrected chi connectivity index (χ0v) is 16.2. The van der Waals surface area contributed by atoms with E-state index in [0.29, 0.717) is 0 Å². The number of pyridine rings is 1. The average molecular weight is 377 g/mol. The highest BCUT2D eigenvalue weighted by atomic mass is 16.6. The summed E-state index contributed by atoms with van der Waals surface area (Å²) in [6, 6.07) is 3.24. The van der Waals surface area contributed by atoms with Gasteiger partial charge in [0.2, 0.25) is 0 Å². The number of hydrazine groups is 1. The van der Waals surface area contributed by atoms with E-state index in [9.17, 15) is 10.1 Å². The van der Waals surface area contributed by atoms with E-state index in [1.807, 2.05) is 0 Å². The molecule has 4 rings (SSSR count). The SMILES string of the molecule is C1CCN(N2CCNCC2)CC1.O=[N+]([O-])c1ccc(N2CCCCC2)cn1. The van der Waals surface area contributed by atoms with Gasteiger partial charge in [0, 0.05) is 58.4 Å². The van der Waals surface area contributed by atoms with Crippen molar-refractivity contribution >= 4 is 11.5 Å². The molecule has 8 heteroatoms. The molecule has 0 aromatic carbocycles. The van der Waals surface area contributed by atoms with Crippen molar-refractivity contribution < 1.29 is 4.92 Å². The van der Waals surface area contributed by atoms with Crippen LogP contribution in [0.25, 0.3) is 0 Å². The van der Waals surface area contributed by atoms with Crippen LogP contribution in [0.15, 0.2) is 18.3 Å². The molecular weight excluding hydrogens is 344 g/mol. The lowest BCUT2D eigenvalue weighted by atomic mass is 10.1. The second kappa shape index (κ2) is 10.5. The van der Waals surface area contributed by atoms with Gasteiger partial charge >= 0.3 is 5.82 Å². The molecule has 8 nitrogen and oxygen atoms in total. The number of nitrogens with one attached hydrogen (secondary N) is 1. The van der Waals surface area contributed by atoms with Crippen molar-refractivity contribution in [3.8, 4) is 0 Å². The molecule has 27 heavy (non-hydrogen) atoms. The van der Waals surface area contributed by atoms with Crippen LogP contribution in [-0.4, -0.2) is 72.3 Å². The minimum atomic E-state index is -0.472. The molecule has 3 aliphatic rings. The van der Waals surface area contributed by atoms with Crippen LogP contribution in [0.5, 0.6) is 0 Å². The molecule has 3 saturated heterocycles. The maximum absolute atomic E-state index is 10.4. The highest BCUT2D eigenvalue weighted by Crippen LogP contribution is 2.20. The lowest BCUT2D eigenvalue weighted by Gasteiger charge is -2.39. The van der Waals surface area contributed by atoms with Crippen molar-refractivity contribution in [3.05, 3.63) is 28.4 Å². The number of hydrogen-bond acceptors (Lipinski definition) is 7. The van der Waals surface area contributed by atoms with E-state index in [2.05, 4.69) is 25.2 Å². The molecule has 0 radical (unpaired) electrons. The van der Waals surface area contributed by atoms with Crippen molar-refractivity contribution in [1.29, 1.82) is 0 Å². The molecule has 0 saturated carbocycles. The quantitative estimate of drug-likeness (QED) is 0.640. The largest absolute Gasteiger partial charge is 0.368 e. The smallest absolute Gasteiger partial charge is 0.363 e. The molecular formula is C19H32N6O2. The van der Waals surface area contributed by atoms with E-state index in [-0.39, 0.29) is 5.82 Å². The van der Waals surface area contributed by atoms with E-state index in [1.54, 1.807) is 12.3 Å². The van der Waals surface area contributed by atoms with Crippen LogP contribution in [0.2, 0.25) is 0 Å². The van der Waals surface area contributed by atoms with Crippen LogP contribution in [0, 0.1) is 10.1 Å². The second-order valence-electron chi connectivity index (χ2n) is 7.40. The van der Waals surface area contributed by atoms with E-state index in [0.717, 1.165) is 31.9 Å². The zero-order valence-electron chi connectivity index (χ0n) is 16.2. The molecule has 1 aromatic rings. The maximum Gasteiger partial charge on any atom is 0.363 e. The predicted octanol–water partition coefficient (Wildman–Crippen LogP) is 2.27. The first-order valence-corrected chi connectivity index (χ1v) is 10.3. The third-order valence-corrected chi connectivity index (χ3v) is 5.47. The monoisotopic (exact) mass is 376 g/mol. The fourth-order valence-corrected chi connectivity index (χ4v) is 3.92.